The molecule has 1 heterocycles. The van der Waals surface area contributed by atoms with Crippen LogP contribution in [0.25, 0.3) is 0 Å². The molecule has 23 heavy (non-hydrogen) atoms. The van der Waals surface area contributed by atoms with Crippen LogP contribution in [0.3, 0.4) is 0 Å². The number of ether oxygens (including phenoxy) is 1. The zero-order valence-electron chi connectivity index (χ0n) is 13.8. The maximum Gasteiger partial charge on any atom is 0.240 e. The van der Waals surface area contributed by atoms with Crippen LogP contribution in [0.5, 0.6) is 0 Å². The van der Waals surface area contributed by atoms with Crippen molar-refractivity contribution in [3.63, 3.8) is 0 Å². The first kappa shape index (κ1) is 18.4. The Morgan fingerprint density at radius 3 is 2.52 bits per heavy atom. The molecule has 0 unspecified atom stereocenters. The van der Waals surface area contributed by atoms with E-state index < -0.39 is 22.2 Å². The van der Waals surface area contributed by atoms with Gasteiger partial charge in [0.25, 0.3) is 0 Å². The molecule has 6 nitrogen and oxygen atoms in total. The fourth-order valence-electron chi connectivity index (χ4n) is 2.35. The maximum atomic E-state index is 12.2. The Kier molecular flexibility index (Phi) is 5.80. The van der Waals surface area contributed by atoms with Crippen LogP contribution in [0, 0.1) is 5.41 Å². The van der Waals surface area contributed by atoms with Crippen LogP contribution in [-0.4, -0.2) is 51.5 Å². The molecule has 2 rings (SSSR count). The summed E-state index contributed by atoms with van der Waals surface area (Å²) in [7, 11) is -3.59. The summed E-state index contributed by atoms with van der Waals surface area (Å²) in [6, 6.07) is 7.97. The van der Waals surface area contributed by atoms with E-state index in [1.165, 1.54) is 12.1 Å². The van der Waals surface area contributed by atoms with Crippen LogP contribution >= 0.6 is 0 Å². The lowest BCUT2D eigenvalue weighted by atomic mass is 9.96. The fourth-order valence-corrected chi connectivity index (χ4v) is 3.42. The van der Waals surface area contributed by atoms with E-state index in [1.807, 2.05) is 0 Å². The molecule has 1 aliphatic rings. The highest BCUT2D eigenvalue weighted by Crippen LogP contribution is 2.17. The molecule has 0 aliphatic carbocycles. The van der Waals surface area contributed by atoms with E-state index in [2.05, 4.69) is 30.8 Å². The summed E-state index contributed by atoms with van der Waals surface area (Å²) in [4.78, 5) is 0.204. The zero-order valence-corrected chi connectivity index (χ0v) is 14.6. The van der Waals surface area contributed by atoms with Gasteiger partial charge in [0.1, 0.15) is 0 Å². The second-order valence-electron chi connectivity index (χ2n) is 7.08. The highest BCUT2D eigenvalue weighted by molar-refractivity contribution is 7.89. The molecule has 0 bridgehead atoms. The molecule has 1 aromatic rings. The monoisotopic (exact) mass is 342 g/mol. The van der Waals surface area contributed by atoms with Gasteiger partial charge in [0.2, 0.25) is 10.0 Å². The predicted molar refractivity (Wildman–Crippen MR) is 88.6 cm³/mol. The Hall–Kier alpha value is -0.990. The summed E-state index contributed by atoms with van der Waals surface area (Å²) < 4.78 is 32.4. The van der Waals surface area contributed by atoms with Crippen molar-refractivity contribution in [2.24, 2.45) is 5.41 Å². The number of aliphatic hydroxyl groups is 1. The number of nitrogens with one attached hydrogen (secondary N) is 2. The molecule has 3 N–H and O–H groups in total. The van der Waals surface area contributed by atoms with Gasteiger partial charge >= 0.3 is 0 Å². The number of hydrogen-bond donors (Lipinski definition) is 3. The van der Waals surface area contributed by atoms with Crippen LogP contribution in [0.15, 0.2) is 35.2 Å². The minimum absolute atomic E-state index is 0.0477. The van der Waals surface area contributed by atoms with Gasteiger partial charge in [0.05, 0.1) is 29.8 Å². The lowest BCUT2D eigenvalue weighted by molar-refractivity contribution is 0.0441. The molecule has 1 aromatic carbocycles. The third kappa shape index (κ3) is 5.26. The first-order valence-corrected chi connectivity index (χ1v) is 9.25. The Balaban J connectivity index is 1.87. The summed E-state index contributed by atoms with van der Waals surface area (Å²) in [5.41, 5.74) is 0.104. The van der Waals surface area contributed by atoms with Gasteiger partial charge < -0.3 is 15.2 Å². The minimum atomic E-state index is -3.59. The van der Waals surface area contributed by atoms with Crippen LogP contribution in [0.4, 0.5) is 0 Å². The van der Waals surface area contributed by atoms with E-state index in [0.717, 1.165) is 6.54 Å². The smallest absolute Gasteiger partial charge is 0.240 e. The first-order valence-electron chi connectivity index (χ1n) is 7.77. The third-order valence-electron chi connectivity index (χ3n) is 3.71. The lowest BCUT2D eigenvalue weighted by Crippen LogP contribution is -2.46. The Morgan fingerprint density at radius 1 is 1.26 bits per heavy atom. The maximum absolute atomic E-state index is 12.2. The van der Waals surface area contributed by atoms with Gasteiger partial charge in [-0.3, -0.25) is 0 Å². The Bertz CT molecular complexity index is 598. The van der Waals surface area contributed by atoms with Crippen molar-refractivity contribution in [1.82, 2.24) is 10.0 Å². The molecular weight excluding hydrogens is 316 g/mol. The van der Waals surface area contributed by atoms with E-state index in [-0.39, 0.29) is 22.9 Å². The average molecular weight is 342 g/mol. The largest absolute Gasteiger partial charge is 0.389 e. The third-order valence-corrected chi connectivity index (χ3v) is 5.15. The summed E-state index contributed by atoms with van der Waals surface area (Å²) >= 11 is 0. The van der Waals surface area contributed by atoms with Gasteiger partial charge in [-0.2, -0.15) is 0 Å². The van der Waals surface area contributed by atoms with E-state index >= 15 is 0 Å². The van der Waals surface area contributed by atoms with Crippen LogP contribution in [0.2, 0.25) is 0 Å². The highest BCUT2D eigenvalue weighted by Gasteiger charge is 2.36. The minimum Gasteiger partial charge on any atom is -0.389 e. The molecule has 130 valence electrons. The normalized spacial score (nSPS) is 25.7. The Labute approximate surface area is 138 Å². The molecule has 1 saturated heterocycles. The van der Waals surface area contributed by atoms with Gasteiger partial charge in [-0.1, -0.05) is 39.0 Å². The molecule has 7 heteroatoms. The van der Waals surface area contributed by atoms with Crippen molar-refractivity contribution in [3.8, 4) is 0 Å². The van der Waals surface area contributed by atoms with Crippen LogP contribution in [-0.2, 0) is 14.8 Å². The topological polar surface area (TPSA) is 87.7 Å². The number of benzene rings is 1. The standard InChI is InChI=1S/C16H26N2O4S/c1-16(2,3)11-17-13-10-22-14(15(13)19)9-18-23(20,21)12-7-5-4-6-8-12/h4-8,13-15,17-19H,9-11H2,1-3H3/t13-,14-,15+/m1/s1. The SMILES string of the molecule is CC(C)(C)CN[C@@H]1CO[C@H](CNS(=O)(=O)c2ccccc2)[C@H]1O. The lowest BCUT2D eigenvalue weighted by Gasteiger charge is -2.24. The average Bonchev–Trinajstić information content (AvgIpc) is 2.84. The summed E-state index contributed by atoms with van der Waals surface area (Å²) in [6.07, 6.45) is -1.29. The van der Waals surface area contributed by atoms with E-state index in [4.69, 9.17) is 4.74 Å². The van der Waals surface area contributed by atoms with Gasteiger partial charge in [-0.25, -0.2) is 13.1 Å². The molecular formula is C16H26N2O4S. The molecule has 0 aromatic heterocycles. The number of sulfonamides is 1. The van der Waals surface area contributed by atoms with Gasteiger partial charge in [0, 0.05) is 13.1 Å². The second kappa shape index (κ2) is 7.27. The number of hydrogen-bond acceptors (Lipinski definition) is 5. The molecule has 1 aliphatic heterocycles. The van der Waals surface area contributed by atoms with Crippen molar-refractivity contribution in [2.75, 3.05) is 19.7 Å². The van der Waals surface area contributed by atoms with Crippen molar-refractivity contribution < 1.29 is 18.3 Å². The molecule has 1 fully saturated rings. The first-order chi connectivity index (χ1) is 10.7. The molecule has 0 saturated carbocycles. The molecule has 0 spiro atoms. The number of rotatable bonds is 6. The molecule has 0 amide bonds. The number of aliphatic hydroxyl groups excluding tert-OH is 1. The van der Waals surface area contributed by atoms with Crippen LogP contribution in [0.1, 0.15) is 20.8 Å². The zero-order chi connectivity index (χ0) is 17.1. The van der Waals surface area contributed by atoms with Gasteiger partial charge in [-0.05, 0) is 17.5 Å². The summed E-state index contributed by atoms with van der Waals surface area (Å²) in [5.74, 6) is 0. The van der Waals surface area contributed by atoms with E-state index in [1.54, 1.807) is 18.2 Å². The predicted octanol–water partition coefficient (Wildman–Crippen LogP) is 0.729. The van der Waals surface area contributed by atoms with E-state index in [0.29, 0.717) is 6.61 Å². The van der Waals surface area contributed by atoms with Crippen molar-refractivity contribution >= 4 is 10.0 Å². The van der Waals surface area contributed by atoms with Crippen molar-refractivity contribution in [3.05, 3.63) is 30.3 Å². The highest BCUT2D eigenvalue weighted by atomic mass is 32.2. The molecule has 0 radical (unpaired) electrons. The second-order valence-corrected chi connectivity index (χ2v) is 8.84. The molecule has 3 atom stereocenters. The van der Waals surface area contributed by atoms with E-state index in [9.17, 15) is 13.5 Å². The Morgan fingerprint density at radius 2 is 1.91 bits per heavy atom. The van der Waals surface area contributed by atoms with Crippen molar-refractivity contribution in [2.45, 2.75) is 43.9 Å². The summed E-state index contributed by atoms with van der Waals surface area (Å²) in [6.45, 7) is 7.48. The van der Waals surface area contributed by atoms with Crippen molar-refractivity contribution in [1.29, 1.82) is 0 Å². The fraction of sp³-hybridized carbons (Fsp3) is 0.625. The van der Waals surface area contributed by atoms with Crippen LogP contribution < -0.4 is 10.0 Å². The van der Waals surface area contributed by atoms with Gasteiger partial charge in [0.15, 0.2) is 0 Å². The van der Waals surface area contributed by atoms with Gasteiger partial charge in [-0.15, -0.1) is 0 Å². The summed E-state index contributed by atoms with van der Waals surface area (Å²) in [5, 5.41) is 13.6. The quantitative estimate of drug-likeness (QED) is 0.709.